The van der Waals surface area contributed by atoms with Crippen LogP contribution in [-0.2, 0) is 0 Å². The van der Waals surface area contributed by atoms with Crippen molar-refractivity contribution in [2.45, 2.75) is 6.92 Å². The molecule has 0 bridgehead atoms. The van der Waals surface area contributed by atoms with Gasteiger partial charge in [0.05, 0.1) is 5.69 Å². The lowest BCUT2D eigenvalue weighted by Gasteiger charge is -2.05. The van der Waals surface area contributed by atoms with E-state index in [0.29, 0.717) is 21.9 Å². The van der Waals surface area contributed by atoms with E-state index in [2.05, 4.69) is 15.1 Å². The summed E-state index contributed by atoms with van der Waals surface area (Å²) in [6.07, 6.45) is 1.74. The standard InChI is InChI=1S/C16H11ClN4O/c1-9-6-14-18-8-11-7-13(10-2-4-12(17)5-3-10)16(22)19-15(11)21(14)20-9/h2-8H,1H3,(H,19,22). The molecule has 6 heteroatoms. The van der Waals surface area contributed by atoms with E-state index >= 15 is 0 Å². The molecule has 1 aromatic carbocycles. The van der Waals surface area contributed by atoms with Crippen LogP contribution in [0.2, 0.25) is 5.02 Å². The Bertz CT molecular complexity index is 1060. The highest BCUT2D eigenvalue weighted by Gasteiger charge is 2.09. The number of aromatic amines is 1. The molecule has 4 aromatic rings. The van der Waals surface area contributed by atoms with Crippen LogP contribution < -0.4 is 5.56 Å². The maximum Gasteiger partial charge on any atom is 0.257 e. The van der Waals surface area contributed by atoms with Gasteiger partial charge in [-0.05, 0) is 30.7 Å². The lowest BCUT2D eigenvalue weighted by molar-refractivity contribution is 0.936. The Morgan fingerprint density at radius 1 is 1.18 bits per heavy atom. The Morgan fingerprint density at radius 3 is 2.73 bits per heavy atom. The van der Waals surface area contributed by atoms with Crippen LogP contribution >= 0.6 is 11.6 Å². The summed E-state index contributed by atoms with van der Waals surface area (Å²) in [5, 5.41) is 5.82. The molecule has 0 aliphatic heterocycles. The molecular formula is C16H11ClN4O. The van der Waals surface area contributed by atoms with Crippen LogP contribution in [-0.4, -0.2) is 19.6 Å². The fourth-order valence-corrected chi connectivity index (χ4v) is 2.66. The molecule has 22 heavy (non-hydrogen) atoms. The van der Waals surface area contributed by atoms with Gasteiger partial charge < -0.3 is 4.98 Å². The summed E-state index contributed by atoms with van der Waals surface area (Å²) in [7, 11) is 0. The average molecular weight is 311 g/mol. The molecule has 0 unspecified atom stereocenters. The van der Waals surface area contributed by atoms with Crippen LogP contribution in [0.1, 0.15) is 5.69 Å². The van der Waals surface area contributed by atoms with Crippen LogP contribution in [0.25, 0.3) is 27.8 Å². The summed E-state index contributed by atoms with van der Waals surface area (Å²) in [5.74, 6) is 0. The van der Waals surface area contributed by atoms with Crippen molar-refractivity contribution in [2.75, 3.05) is 0 Å². The van der Waals surface area contributed by atoms with E-state index in [1.807, 2.05) is 31.2 Å². The van der Waals surface area contributed by atoms with E-state index in [0.717, 1.165) is 16.6 Å². The fraction of sp³-hybridized carbons (Fsp3) is 0.0625. The number of hydrogen-bond donors (Lipinski definition) is 1. The topological polar surface area (TPSA) is 63.0 Å². The molecule has 0 aliphatic carbocycles. The van der Waals surface area contributed by atoms with Crippen LogP contribution in [0.5, 0.6) is 0 Å². The largest absolute Gasteiger partial charge is 0.306 e. The molecule has 0 spiro atoms. The minimum atomic E-state index is -0.171. The molecule has 0 aliphatic rings. The number of nitrogens with zero attached hydrogens (tertiary/aromatic N) is 3. The monoisotopic (exact) mass is 310 g/mol. The average Bonchev–Trinajstić information content (AvgIpc) is 2.89. The van der Waals surface area contributed by atoms with Crippen molar-refractivity contribution in [3.63, 3.8) is 0 Å². The Kier molecular flexibility index (Phi) is 2.77. The number of H-pyrrole nitrogens is 1. The Hall–Kier alpha value is -2.66. The third-order valence-electron chi connectivity index (χ3n) is 3.57. The van der Waals surface area contributed by atoms with Crippen molar-refractivity contribution in [1.29, 1.82) is 0 Å². The molecule has 0 saturated heterocycles. The van der Waals surface area contributed by atoms with Gasteiger partial charge >= 0.3 is 0 Å². The van der Waals surface area contributed by atoms with E-state index in [9.17, 15) is 4.79 Å². The summed E-state index contributed by atoms with van der Waals surface area (Å²) in [6.45, 7) is 1.89. The van der Waals surface area contributed by atoms with Gasteiger partial charge in [-0.3, -0.25) is 4.79 Å². The van der Waals surface area contributed by atoms with Crippen LogP contribution in [0.15, 0.2) is 47.4 Å². The smallest absolute Gasteiger partial charge is 0.257 e. The minimum Gasteiger partial charge on any atom is -0.306 e. The van der Waals surface area contributed by atoms with Gasteiger partial charge in [0.2, 0.25) is 0 Å². The van der Waals surface area contributed by atoms with Crippen LogP contribution in [0, 0.1) is 6.92 Å². The zero-order valence-corrected chi connectivity index (χ0v) is 12.4. The number of pyridine rings is 1. The molecule has 3 aromatic heterocycles. The summed E-state index contributed by atoms with van der Waals surface area (Å²) < 4.78 is 1.65. The predicted octanol–water partition coefficient (Wildman–Crippen LogP) is 3.20. The van der Waals surface area contributed by atoms with Gasteiger partial charge in [0.15, 0.2) is 5.65 Å². The van der Waals surface area contributed by atoms with E-state index < -0.39 is 0 Å². The van der Waals surface area contributed by atoms with Gasteiger partial charge in [-0.25, -0.2) is 4.98 Å². The van der Waals surface area contributed by atoms with Gasteiger partial charge in [0.1, 0.15) is 5.65 Å². The highest BCUT2D eigenvalue weighted by atomic mass is 35.5. The number of aryl methyl sites for hydroxylation is 1. The number of aromatic nitrogens is 4. The van der Waals surface area contributed by atoms with Gasteiger partial charge in [-0.15, -0.1) is 0 Å². The van der Waals surface area contributed by atoms with Gasteiger partial charge in [-0.2, -0.15) is 9.61 Å². The Balaban J connectivity index is 2.02. The molecular weight excluding hydrogens is 300 g/mol. The predicted molar refractivity (Wildman–Crippen MR) is 86.3 cm³/mol. The molecule has 5 nitrogen and oxygen atoms in total. The first-order valence-corrected chi connectivity index (χ1v) is 7.14. The van der Waals surface area contributed by atoms with E-state index in [4.69, 9.17) is 11.6 Å². The van der Waals surface area contributed by atoms with Crippen molar-refractivity contribution in [1.82, 2.24) is 19.6 Å². The molecule has 0 atom stereocenters. The molecule has 0 amide bonds. The highest BCUT2D eigenvalue weighted by Crippen LogP contribution is 2.21. The quantitative estimate of drug-likeness (QED) is 0.587. The lowest BCUT2D eigenvalue weighted by Crippen LogP contribution is -2.11. The maximum absolute atomic E-state index is 12.4. The SMILES string of the molecule is Cc1cc2ncc3cc(-c4ccc(Cl)cc4)c(=O)[nH]c3n2n1. The van der Waals surface area contributed by atoms with Gasteiger partial charge in [-0.1, -0.05) is 23.7 Å². The first-order chi connectivity index (χ1) is 10.6. The summed E-state index contributed by atoms with van der Waals surface area (Å²) in [6, 6.07) is 10.9. The van der Waals surface area contributed by atoms with E-state index in [-0.39, 0.29) is 5.56 Å². The van der Waals surface area contributed by atoms with Crippen molar-refractivity contribution in [2.24, 2.45) is 0 Å². The van der Waals surface area contributed by atoms with Crippen LogP contribution in [0.3, 0.4) is 0 Å². The normalized spacial score (nSPS) is 11.4. The molecule has 1 N–H and O–H groups in total. The number of hydrogen-bond acceptors (Lipinski definition) is 3. The van der Waals surface area contributed by atoms with Crippen molar-refractivity contribution < 1.29 is 0 Å². The zero-order chi connectivity index (χ0) is 15.3. The molecule has 4 rings (SSSR count). The number of benzene rings is 1. The second-order valence-electron chi connectivity index (χ2n) is 5.14. The molecule has 0 fully saturated rings. The van der Waals surface area contributed by atoms with Crippen molar-refractivity contribution >= 4 is 28.3 Å². The fourth-order valence-electron chi connectivity index (χ4n) is 2.53. The minimum absolute atomic E-state index is 0.171. The van der Waals surface area contributed by atoms with Crippen molar-refractivity contribution in [3.8, 4) is 11.1 Å². The first-order valence-electron chi connectivity index (χ1n) is 6.76. The third-order valence-corrected chi connectivity index (χ3v) is 3.82. The number of nitrogens with one attached hydrogen (secondary N) is 1. The third kappa shape index (κ3) is 1.98. The summed E-state index contributed by atoms with van der Waals surface area (Å²) >= 11 is 5.89. The van der Waals surface area contributed by atoms with Gasteiger partial charge in [0, 0.05) is 28.2 Å². The van der Waals surface area contributed by atoms with Gasteiger partial charge in [0.25, 0.3) is 5.56 Å². The van der Waals surface area contributed by atoms with Crippen LogP contribution in [0.4, 0.5) is 0 Å². The molecule has 108 valence electrons. The number of fused-ring (bicyclic) bond motifs is 3. The molecule has 0 radical (unpaired) electrons. The highest BCUT2D eigenvalue weighted by molar-refractivity contribution is 6.30. The molecule has 0 saturated carbocycles. The Morgan fingerprint density at radius 2 is 1.95 bits per heavy atom. The summed E-state index contributed by atoms with van der Waals surface area (Å²) in [4.78, 5) is 19.7. The van der Waals surface area contributed by atoms with Crippen molar-refractivity contribution in [3.05, 3.63) is 63.7 Å². The second-order valence-corrected chi connectivity index (χ2v) is 5.57. The second kappa shape index (κ2) is 4.68. The Labute approximate surface area is 130 Å². The first kappa shape index (κ1) is 13.0. The van der Waals surface area contributed by atoms with E-state index in [1.54, 1.807) is 22.8 Å². The molecule has 3 heterocycles. The number of halogens is 1. The zero-order valence-electron chi connectivity index (χ0n) is 11.7. The lowest BCUT2D eigenvalue weighted by atomic mass is 10.1. The maximum atomic E-state index is 12.4. The number of rotatable bonds is 1. The summed E-state index contributed by atoms with van der Waals surface area (Å²) in [5.41, 5.74) is 3.41. The van der Waals surface area contributed by atoms with E-state index in [1.165, 1.54) is 0 Å².